The van der Waals surface area contributed by atoms with Crippen LogP contribution in [-0.2, 0) is 11.3 Å². The van der Waals surface area contributed by atoms with Crippen LogP contribution in [0, 0.1) is 13.8 Å². The van der Waals surface area contributed by atoms with Gasteiger partial charge in [-0.25, -0.2) is 4.98 Å². The summed E-state index contributed by atoms with van der Waals surface area (Å²) >= 11 is 0. The van der Waals surface area contributed by atoms with Crippen molar-refractivity contribution < 1.29 is 14.3 Å². The molecule has 8 nitrogen and oxygen atoms in total. The molecule has 3 rings (SSSR count). The molecular formula is C19H21N5O3. The maximum atomic E-state index is 12.2. The normalized spacial score (nSPS) is 11.1. The lowest BCUT2D eigenvalue weighted by Crippen LogP contribution is -2.22. The third-order valence-corrected chi connectivity index (χ3v) is 4.03. The highest BCUT2D eigenvalue weighted by Gasteiger charge is 2.10. The lowest BCUT2D eigenvalue weighted by molar-refractivity contribution is -0.116. The Balaban J connectivity index is 1.71. The molecule has 1 aromatic carbocycles. The molecule has 0 aliphatic carbocycles. The van der Waals surface area contributed by atoms with Gasteiger partial charge in [-0.3, -0.25) is 9.20 Å². The van der Waals surface area contributed by atoms with Crippen LogP contribution in [0.4, 0.5) is 0 Å². The van der Waals surface area contributed by atoms with E-state index in [0.717, 1.165) is 17.0 Å². The van der Waals surface area contributed by atoms with Gasteiger partial charge in [0.25, 0.3) is 5.78 Å². The second kappa shape index (κ2) is 7.86. The van der Waals surface area contributed by atoms with Gasteiger partial charge in [0, 0.05) is 23.0 Å². The topological polar surface area (TPSA) is 90.6 Å². The number of nitrogens with one attached hydrogen (secondary N) is 1. The van der Waals surface area contributed by atoms with E-state index in [-0.39, 0.29) is 12.5 Å². The van der Waals surface area contributed by atoms with Gasteiger partial charge in [0.2, 0.25) is 5.91 Å². The summed E-state index contributed by atoms with van der Waals surface area (Å²) < 4.78 is 12.3. The van der Waals surface area contributed by atoms with Crippen LogP contribution in [0.1, 0.15) is 22.8 Å². The molecule has 0 atom stereocenters. The first-order valence-electron chi connectivity index (χ1n) is 8.38. The van der Waals surface area contributed by atoms with Gasteiger partial charge in [0.1, 0.15) is 11.5 Å². The molecule has 0 unspecified atom stereocenters. The number of nitrogens with zero attached hydrogens (tertiary/aromatic N) is 4. The first kappa shape index (κ1) is 18.4. The molecule has 140 valence electrons. The number of benzene rings is 1. The van der Waals surface area contributed by atoms with E-state index in [1.165, 1.54) is 6.08 Å². The molecule has 27 heavy (non-hydrogen) atoms. The predicted molar refractivity (Wildman–Crippen MR) is 101 cm³/mol. The highest BCUT2D eigenvalue weighted by molar-refractivity contribution is 5.92. The van der Waals surface area contributed by atoms with Crippen LogP contribution in [0.25, 0.3) is 11.9 Å². The lowest BCUT2D eigenvalue weighted by Gasteiger charge is -2.07. The Hall–Kier alpha value is -3.42. The number of carbonyl (C=O) groups excluding carboxylic acids is 1. The van der Waals surface area contributed by atoms with Crippen LogP contribution >= 0.6 is 0 Å². The third-order valence-electron chi connectivity index (χ3n) is 4.03. The Morgan fingerprint density at radius 1 is 1.19 bits per heavy atom. The van der Waals surface area contributed by atoms with Crippen molar-refractivity contribution in [1.29, 1.82) is 0 Å². The number of amides is 1. The minimum absolute atomic E-state index is 0.241. The molecule has 0 spiro atoms. The Labute approximate surface area is 156 Å². The molecule has 0 fully saturated rings. The number of methoxy groups -OCH3 is 2. The first-order chi connectivity index (χ1) is 13.0. The Morgan fingerprint density at radius 3 is 2.74 bits per heavy atom. The average molecular weight is 367 g/mol. The summed E-state index contributed by atoms with van der Waals surface area (Å²) in [6.07, 6.45) is 3.12. The predicted octanol–water partition coefficient (Wildman–Crippen LogP) is 2.09. The Kier molecular flexibility index (Phi) is 5.35. The number of aromatic nitrogens is 4. The van der Waals surface area contributed by atoms with Gasteiger partial charge in [-0.05, 0) is 44.2 Å². The minimum Gasteiger partial charge on any atom is -0.497 e. The fraction of sp³-hybridized carbons (Fsp3) is 0.263. The fourth-order valence-electron chi connectivity index (χ4n) is 2.77. The largest absolute Gasteiger partial charge is 0.497 e. The summed E-state index contributed by atoms with van der Waals surface area (Å²) in [7, 11) is 3.16. The van der Waals surface area contributed by atoms with Gasteiger partial charge in [-0.1, -0.05) is 0 Å². The molecule has 0 aliphatic heterocycles. The molecule has 0 saturated heterocycles. The summed E-state index contributed by atoms with van der Waals surface area (Å²) in [6, 6.07) is 7.32. The SMILES string of the molecule is COc1ccc(OC)c(/C=C/C(=O)NCc2nnc3nc(C)cc(C)n23)c1. The molecule has 8 heteroatoms. The number of ether oxygens (including phenoxy) is 2. The van der Waals surface area contributed by atoms with Crippen molar-refractivity contribution in [1.82, 2.24) is 24.9 Å². The molecule has 1 amide bonds. The number of fused-ring (bicyclic) bond motifs is 1. The second-order valence-corrected chi connectivity index (χ2v) is 5.95. The van der Waals surface area contributed by atoms with Crippen molar-refractivity contribution in [3.05, 3.63) is 53.1 Å². The number of hydrogen-bond acceptors (Lipinski definition) is 6. The Bertz CT molecular complexity index is 1010. The van der Waals surface area contributed by atoms with Crippen molar-refractivity contribution in [2.24, 2.45) is 0 Å². The standard InChI is InChI=1S/C19H21N5O3/c1-12-9-13(2)24-17(22-23-19(24)21-12)11-20-18(25)8-5-14-10-15(26-3)6-7-16(14)27-4/h5-10H,11H2,1-4H3,(H,20,25)/b8-5+. The summed E-state index contributed by atoms with van der Waals surface area (Å²) in [5.41, 5.74) is 2.58. The van der Waals surface area contributed by atoms with E-state index >= 15 is 0 Å². The maximum Gasteiger partial charge on any atom is 0.255 e. The molecular weight excluding hydrogens is 346 g/mol. The molecule has 1 N–H and O–H groups in total. The van der Waals surface area contributed by atoms with E-state index in [0.29, 0.717) is 23.1 Å². The number of aryl methyl sites for hydroxylation is 2. The van der Waals surface area contributed by atoms with E-state index in [4.69, 9.17) is 9.47 Å². The molecule has 2 aromatic heterocycles. The van der Waals surface area contributed by atoms with E-state index in [1.807, 2.05) is 24.3 Å². The molecule has 0 aliphatic rings. The lowest BCUT2D eigenvalue weighted by atomic mass is 10.1. The van der Waals surface area contributed by atoms with E-state index in [1.54, 1.807) is 38.5 Å². The van der Waals surface area contributed by atoms with Crippen LogP contribution in [0.3, 0.4) is 0 Å². The molecule has 0 saturated carbocycles. The smallest absolute Gasteiger partial charge is 0.255 e. The van der Waals surface area contributed by atoms with Crippen molar-refractivity contribution in [3.63, 3.8) is 0 Å². The molecule has 2 heterocycles. The van der Waals surface area contributed by atoms with Crippen molar-refractivity contribution in [2.45, 2.75) is 20.4 Å². The van der Waals surface area contributed by atoms with Crippen LogP contribution in [0.2, 0.25) is 0 Å². The van der Waals surface area contributed by atoms with E-state index in [9.17, 15) is 4.79 Å². The Morgan fingerprint density at radius 2 is 2.00 bits per heavy atom. The molecule has 3 aromatic rings. The number of rotatable bonds is 6. The summed E-state index contributed by atoms with van der Waals surface area (Å²) in [6.45, 7) is 4.09. The highest BCUT2D eigenvalue weighted by Crippen LogP contribution is 2.25. The van der Waals surface area contributed by atoms with Gasteiger partial charge in [0.05, 0.1) is 20.8 Å². The molecule has 0 bridgehead atoms. The quantitative estimate of drug-likeness (QED) is 0.671. The van der Waals surface area contributed by atoms with Crippen LogP contribution < -0.4 is 14.8 Å². The van der Waals surface area contributed by atoms with Crippen molar-refractivity contribution in [2.75, 3.05) is 14.2 Å². The molecule has 0 radical (unpaired) electrons. The zero-order valence-electron chi connectivity index (χ0n) is 15.7. The van der Waals surface area contributed by atoms with Gasteiger partial charge in [-0.15, -0.1) is 10.2 Å². The summed E-state index contributed by atoms with van der Waals surface area (Å²) in [5.74, 6) is 2.22. The van der Waals surface area contributed by atoms with Crippen LogP contribution in [-0.4, -0.2) is 39.7 Å². The van der Waals surface area contributed by atoms with Gasteiger partial charge < -0.3 is 14.8 Å². The van der Waals surface area contributed by atoms with Crippen LogP contribution in [0.5, 0.6) is 11.5 Å². The zero-order chi connectivity index (χ0) is 19.4. The second-order valence-electron chi connectivity index (χ2n) is 5.95. The van der Waals surface area contributed by atoms with Gasteiger partial charge in [0.15, 0.2) is 5.82 Å². The summed E-state index contributed by atoms with van der Waals surface area (Å²) in [4.78, 5) is 16.5. The fourth-order valence-corrected chi connectivity index (χ4v) is 2.77. The third kappa shape index (κ3) is 4.05. The minimum atomic E-state index is -0.255. The van der Waals surface area contributed by atoms with Gasteiger partial charge >= 0.3 is 0 Å². The van der Waals surface area contributed by atoms with E-state index < -0.39 is 0 Å². The van der Waals surface area contributed by atoms with Crippen LogP contribution in [0.15, 0.2) is 30.3 Å². The zero-order valence-corrected chi connectivity index (χ0v) is 15.7. The van der Waals surface area contributed by atoms with E-state index in [2.05, 4.69) is 20.5 Å². The number of carbonyl (C=O) groups is 1. The average Bonchev–Trinajstić information content (AvgIpc) is 3.07. The highest BCUT2D eigenvalue weighted by atomic mass is 16.5. The maximum absolute atomic E-state index is 12.2. The summed E-state index contributed by atoms with van der Waals surface area (Å²) in [5, 5.41) is 11.0. The number of hydrogen-bond donors (Lipinski definition) is 1. The van der Waals surface area contributed by atoms with Gasteiger partial charge in [-0.2, -0.15) is 0 Å². The van der Waals surface area contributed by atoms with Crippen molar-refractivity contribution in [3.8, 4) is 11.5 Å². The first-order valence-corrected chi connectivity index (χ1v) is 8.38. The monoisotopic (exact) mass is 367 g/mol. The van der Waals surface area contributed by atoms with Crippen molar-refractivity contribution >= 4 is 17.8 Å².